The summed E-state index contributed by atoms with van der Waals surface area (Å²) < 4.78 is 1.42. The van der Waals surface area contributed by atoms with Gasteiger partial charge in [-0.25, -0.2) is 4.98 Å². The maximum atomic E-state index is 12.1. The number of aromatic nitrogens is 2. The topological polar surface area (TPSA) is 64.0 Å². The third-order valence-corrected chi connectivity index (χ3v) is 3.11. The fraction of sp³-hybridized carbons (Fsp3) is 0.0625. The highest BCUT2D eigenvalue weighted by Gasteiger charge is 2.08. The van der Waals surface area contributed by atoms with Crippen LogP contribution in [0.25, 0.3) is 11.0 Å². The van der Waals surface area contributed by atoms with Gasteiger partial charge in [0, 0.05) is 5.69 Å². The number of anilines is 1. The molecule has 21 heavy (non-hydrogen) atoms. The van der Waals surface area contributed by atoms with Crippen LogP contribution >= 0.6 is 0 Å². The first kappa shape index (κ1) is 13.1. The Morgan fingerprint density at radius 2 is 1.76 bits per heavy atom. The number of hydrogen-bond acceptors (Lipinski definition) is 3. The molecule has 5 nitrogen and oxygen atoms in total. The molecule has 0 bridgehead atoms. The van der Waals surface area contributed by atoms with Gasteiger partial charge in [-0.15, -0.1) is 0 Å². The van der Waals surface area contributed by atoms with Crippen molar-refractivity contribution in [1.29, 1.82) is 0 Å². The van der Waals surface area contributed by atoms with E-state index in [1.54, 1.807) is 24.3 Å². The molecule has 104 valence electrons. The number of para-hydroxylation sites is 3. The molecular formula is C16H13N3O2. The zero-order valence-corrected chi connectivity index (χ0v) is 11.2. The lowest BCUT2D eigenvalue weighted by Gasteiger charge is -2.09. The van der Waals surface area contributed by atoms with E-state index in [1.165, 1.54) is 10.8 Å². The van der Waals surface area contributed by atoms with Gasteiger partial charge in [0.05, 0.1) is 17.2 Å². The predicted octanol–water partition coefficient (Wildman–Crippen LogP) is 2.04. The molecular weight excluding hydrogens is 266 g/mol. The molecule has 0 aliphatic carbocycles. The van der Waals surface area contributed by atoms with Crippen LogP contribution in [0.1, 0.15) is 0 Å². The minimum absolute atomic E-state index is 0.0449. The molecule has 1 heterocycles. The molecule has 0 saturated heterocycles. The Morgan fingerprint density at radius 1 is 1.05 bits per heavy atom. The van der Waals surface area contributed by atoms with E-state index in [9.17, 15) is 9.59 Å². The van der Waals surface area contributed by atoms with E-state index in [0.29, 0.717) is 16.7 Å². The smallest absolute Gasteiger partial charge is 0.269 e. The van der Waals surface area contributed by atoms with Gasteiger partial charge in [0.2, 0.25) is 5.91 Å². The van der Waals surface area contributed by atoms with Crippen molar-refractivity contribution < 1.29 is 4.79 Å². The van der Waals surface area contributed by atoms with Crippen molar-refractivity contribution in [2.75, 3.05) is 5.32 Å². The fourth-order valence-electron chi connectivity index (χ4n) is 2.14. The van der Waals surface area contributed by atoms with E-state index >= 15 is 0 Å². The summed E-state index contributed by atoms with van der Waals surface area (Å²) in [6.45, 7) is -0.0449. The molecule has 3 aromatic rings. The number of nitrogens with zero attached hydrogens (tertiary/aromatic N) is 2. The first-order valence-electron chi connectivity index (χ1n) is 6.53. The second-order valence-corrected chi connectivity index (χ2v) is 4.59. The van der Waals surface area contributed by atoms with Crippen LogP contribution in [0.15, 0.2) is 65.6 Å². The van der Waals surface area contributed by atoms with Gasteiger partial charge in [0.25, 0.3) is 5.56 Å². The minimum Gasteiger partial charge on any atom is -0.325 e. The molecule has 0 atom stereocenters. The fourth-order valence-corrected chi connectivity index (χ4v) is 2.14. The SMILES string of the molecule is O=C(Cn1c(=O)cnc2ccccc21)Nc1ccccc1. The van der Waals surface area contributed by atoms with Gasteiger partial charge >= 0.3 is 0 Å². The second kappa shape index (κ2) is 5.58. The number of nitrogens with one attached hydrogen (secondary N) is 1. The number of carbonyl (C=O) groups excluding carboxylic acids is 1. The van der Waals surface area contributed by atoms with E-state index in [-0.39, 0.29) is 18.0 Å². The molecule has 0 aliphatic heterocycles. The maximum Gasteiger partial charge on any atom is 0.269 e. The average molecular weight is 279 g/mol. The molecule has 1 N–H and O–H groups in total. The van der Waals surface area contributed by atoms with E-state index in [1.807, 2.05) is 30.3 Å². The first-order valence-corrected chi connectivity index (χ1v) is 6.53. The first-order chi connectivity index (χ1) is 10.2. The van der Waals surface area contributed by atoms with E-state index < -0.39 is 0 Å². The Labute approximate surface area is 120 Å². The quantitative estimate of drug-likeness (QED) is 0.798. The molecule has 2 aromatic carbocycles. The lowest BCUT2D eigenvalue weighted by atomic mass is 10.3. The Morgan fingerprint density at radius 3 is 2.57 bits per heavy atom. The standard InChI is InChI=1S/C16H13N3O2/c20-15(18-12-6-2-1-3-7-12)11-19-14-9-5-4-8-13(14)17-10-16(19)21/h1-10H,11H2,(H,18,20). The van der Waals surface area contributed by atoms with Crippen molar-refractivity contribution in [3.05, 3.63) is 71.1 Å². The number of benzene rings is 2. The zero-order valence-electron chi connectivity index (χ0n) is 11.2. The molecule has 0 unspecified atom stereocenters. The van der Waals surface area contributed by atoms with Gasteiger partial charge in [-0.2, -0.15) is 0 Å². The molecule has 0 fully saturated rings. The van der Waals surface area contributed by atoms with Crippen molar-refractivity contribution in [2.45, 2.75) is 6.54 Å². The van der Waals surface area contributed by atoms with Gasteiger partial charge in [-0.3, -0.25) is 14.2 Å². The second-order valence-electron chi connectivity index (χ2n) is 4.59. The van der Waals surface area contributed by atoms with Gasteiger partial charge in [-0.1, -0.05) is 30.3 Å². The van der Waals surface area contributed by atoms with Crippen LogP contribution in [-0.2, 0) is 11.3 Å². The van der Waals surface area contributed by atoms with Crippen LogP contribution in [0, 0.1) is 0 Å². The molecule has 0 radical (unpaired) electrons. The van der Waals surface area contributed by atoms with E-state index in [2.05, 4.69) is 10.3 Å². The average Bonchev–Trinajstić information content (AvgIpc) is 2.51. The van der Waals surface area contributed by atoms with Crippen molar-refractivity contribution in [2.24, 2.45) is 0 Å². The van der Waals surface area contributed by atoms with E-state index in [4.69, 9.17) is 0 Å². The van der Waals surface area contributed by atoms with Crippen molar-refractivity contribution in [3.63, 3.8) is 0 Å². The third kappa shape index (κ3) is 2.81. The highest BCUT2D eigenvalue weighted by Crippen LogP contribution is 2.09. The Balaban J connectivity index is 1.89. The van der Waals surface area contributed by atoms with Crippen molar-refractivity contribution >= 4 is 22.6 Å². The van der Waals surface area contributed by atoms with Crippen molar-refractivity contribution in [1.82, 2.24) is 9.55 Å². The monoisotopic (exact) mass is 279 g/mol. The van der Waals surface area contributed by atoms with Gasteiger partial charge in [0.15, 0.2) is 0 Å². The summed E-state index contributed by atoms with van der Waals surface area (Å²) in [6, 6.07) is 16.4. The molecule has 0 aliphatic rings. The van der Waals surface area contributed by atoms with Crippen LogP contribution in [0.4, 0.5) is 5.69 Å². The summed E-state index contributed by atoms with van der Waals surface area (Å²) in [6.07, 6.45) is 1.23. The summed E-state index contributed by atoms with van der Waals surface area (Å²) in [5.41, 5.74) is 1.74. The van der Waals surface area contributed by atoms with Crippen LogP contribution in [-0.4, -0.2) is 15.5 Å². The largest absolute Gasteiger partial charge is 0.325 e. The highest BCUT2D eigenvalue weighted by molar-refractivity contribution is 5.91. The van der Waals surface area contributed by atoms with Crippen LogP contribution in [0.2, 0.25) is 0 Å². The Kier molecular flexibility index (Phi) is 3.47. The summed E-state index contributed by atoms with van der Waals surface area (Å²) in [5, 5.41) is 2.76. The zero-order chi connectivity index (χ0) is 14.7. The summed E-state index contributed by atoms with van der Waals surface area (Å²) in [7, 11) is 0. The van der Waals surface area contributed by atoms with Crippen LogP contribution < -0.4 is 10.9 Å². The molecule has 0 saturated carbocycles. The third-order valence-electron chi connectivity index (χ3n) is 3.11. The minimum atomic E-state index is -0.295. The number of rotatable bonds is 3. The highest BCUT2D eigenvalue weighted by atomic mass is 16.2. The predicted molar refractivity (Wildman–Crippen MR) is 81.1 cm³/mol. The number of amides is 1. The van der Waals surface area contributed by atoms with E-state index in [0.717, 1.165) is 0 Å². The number of hydrogen-bond donors (Lipinski definition) is 1. The summed E-state index contributed by atoms with van der Waals surface area (Å²) in [4.78, 5) is 28.1. The number of fused-ring (bicyclic) bond motifs is 1. The molecule has 3 rings (SSSR count). The van der Waals surface area contributed by atoms with Crippen LogP contribution in [0.3, 0.4) is 0 Å². The summed E-state index contributed by atoms with van der Waals surface area (Å²) in [5.74, 6) is -0.250. The van der Waals surface area contributed by atoms with Crippen molar-refractivity contribution in [3.8, 4) is 0 Å². The van der Waals surface area contributed by atoms with Crippen LogP contribution in [0.5, 0.6) is 0 Å². The lowest BCUT2D eigenvalue weighted by molar-refractivity contribution is -0.116. The number of carbonyl (C=O) groups is 1. The molecule has 1 aromatic heterocycles. The maximum absolute atomic E-state index is 12.1. The Hall–Kier alpha value is -2.95. The van der Waals surface area contributed by atoms with Gasteiger partial charge in [0.1, 0.15) is 6.54 Å². The van der Waals surface area contributed by atoms with Gasteiger partial charge in [-0.05, 0) is 24.3 Å². The van der Waals surface area contributed by atoms with Gasteiger partial charge < -0.3 is 5.32 Å². The lowest BCUT2D eigenvalue weighted by Crippen LogP contribution is -2.27. The Bertz CT molecular complexity index is 841. The molecule has 0 spiro atoms. The molecule has 1 amide bonds. The summed E-state index contributed by atoms with van der Waals surface area (Å²) >= 11 is 0. The normalized spacial score (nSPS) is 10.5. The molecule has 5 heteroatoms.